The van der Waals surface area contributed by atoms with Gasteiger partial charge in [0.1, 0.15) is 12.0 Å². The van der Waals surface area contributed by atoms with Crippen molar-refractivity contribution >= 4 is 17.4 Å². The molecule has 19 heavy (non-hydrogen) atoms. The van der Waals surface area contributed by atoms with Gasteiger partial charge < -0.3 is 10.6 Å². The summed E-state index contributed by atoms with van der Waals surface area (Å²) in [6, 6.07) is 1.16. The van der Waals surface area contributed by atoms with Crippen molar-refractivity contribution in [3.8, 4) is 0 Å². The van der Waals surface area contributed by atoms with Crippen LogP contribution in [0, 0.1) is 16.0 Å². The SMILES string of the molecule is CC(C)CCN(C)C(=O)c1cc([N+](=O)[O-])cnc1N. The van der Waals surface area contributed by atoms with Gasteiger partial charge in [-0.2, -0.15) is 0 Å². The number of anilines is 1. The Morgan fingerprint density at radius 1 is 1.58 bits per heavy atom. The lowest BCUT2D eigenvalue weighted by Crippen LogP contribution is -2.29. The minimum Gasteiger partial charge on any atom is -0.383 e. The predicted octanol–water partition coefficient (Wildman–Crippen LogP) is 1.69. The van der Waals surface area contributed by atoms with E-state index >= 15 is 0 Å². The van der Waals surface area contributed by atoms with Crippen molar-refractivity contribution in [1.82, 2.24) is 9.88 Å². The monoisotopic (exact) mass is 266 g/mol. The largest absolute Gasteiger partial charge is 0.383 e. The number of hydrogen-bond acceptors (Lipinski definition) is 5. The van der Waals surface area contributed by atoms with Crippen molar-refractivity contribution in [3.05, 3.63) is 27.9 Å². The molecule has 0 unspecified atom stereocenters. The molecule has 1 heterocycles. The third kappa shape index (κ3) is 3.90. The van der Waals surface area contributed by atoms with E-state index in [-0.39, 0.29) is 23.0 Å². The Labute approximate surface area is 111 Å². The molecule has 0 aliphatic rings. The molecule has 0 aliphatic heterocycles. The Morgan fingerprint density at radius 2 is 2.21 bits per heavy atom. The molecule has 1 aromatic heterocycles. The molecule has 1 rings (SSSR count). The zero-order chi connectivity index (χ0) is 14.6. The minimum atomic E-state index is -0.600. The summed E-state index contributed by atoms with van der Waals surface area (Å²) in [5.41, 5.74) is 5.43. The van der Waals surface area contributed by atoms with Crippen LogP contribution < -0.4 is 5.73 Å². The molecule has 7 nitrogen and oxygen atoms in total. The smallest absolute Gasteiger partial charge is 0.288 e. The van der Waals surface area contributed by atoms with Crippen LogP contribution in [-0.4, -0.2) is 34.3 Å². The van der Waals surface area contributed by atoms with Crippen molar-refractivity contribution in [2.45, 2.75) is 20.3 Å². The third-order valence-electron chi connectivity index (χ3n) is 2.73. The molecule has 0 spiro atoms. The first kappa shape index (κ1) is 14.9. The maximum atomic E-state index is 12.1. The topological polar surface area (TPSA) is 102 Å². The second-order valence-corrected chi connectivity index (χ2v) is 4.79. The summed E-state index contributed by atoms with van der Waals surface area (Å²) in [6.45, 7) is 4.68. The van der Waals surface area contributed by atoms with Crippen molar-refractivity contribution in [3.63, 3.8) is 0 Å². The van der Waals surface area contributed by atoms with Gasteiger partial charge in [0.25, 0.3) is 11.6 Å². The van der Waals surface area contributed by atoms with Crippen LogP contribution in [0.1, 0.15) is 30.6 Å². The van der Waals surface area contributed by atoms with Crippen LogP contribution in [0.15, 0.2) is 12.3 Å². The number of nitro groups is 1. The van der Waals surface area contributed by atoms with Crippen molar-refractivity contribution < 1.29 is 9.72 Å². The van der Waals surface area contributed by atoms with Crippen LogP contribution in [0.4, 0.5) is 11.5 Å². The van der Waals surface area contributed by atoms with Crippen LogP contribution in [0.25, 0.3) is 0 Å². The minimum absolute atomic E-state index is 0.00648. The van der Waals surface area contributed by atoms with Crippen LogP contribution in [-0.2, 0) is 0 Å². The number of aromatic nitrogens is 1. The number of nitrogens with zero attached hydrogens (tertiary/aromatic N) is 3. The standard InChI is InChI=1S/C12H18N4O3/c1-8(2)4-5-15(3)12(17)10-6-9(16(18)19)7-14-11(10)13/h6-8H,4-5H2,1-3H3,(H2,13,14). The lowest BCUT2D eigenvalue weighted by Gasteiger charge is -2.18. The number of amides is 1. The summed E-state index contributed by atoms with van der Waals surface area (Å²) >= 11 is 0. The number of nitrogen functional groups attached to an aromatic ring is 1. The van der Waals surface area contributed by atoms with Gasteiger partial charge in [-0.3, -0.25) is 14.9 Å². The Bertz CT molecular complexity index is 488. The molecule has 1 amide bonds. The van der Waals surface area contributed by atoms with Gasteiger partial charge >= 0.3 is 0 Å². The van der Waals surface area contributed by atoms with Crippen LogP contribution in [0.5, 0.6) is 0 Å². The molecule has 0 saturated carbocycles. The summed E-state index contributed by atoms with van der Waals surface area (Å²) in [7, 11) is 1.64. The van der Waals surface area contributed by atoms with E-state index in [2.05, 4.69) is 18.8 Å². The number of carbonyl (C=O) groups is 1. The van der Waals surface area contributed by atoms with Gasteiger partial charge in [-0.05, 0) is 12.3 Å². The lowest BCUT2D eigenvalue weighted by atomic mass is 10.1. The molecule has 0 aliphatic carbocycles. The summed E-state index contributed by atoms with van der Waals surface area (Å²) in [4.78, 5) is 27.4. The maximum Gasteiger partial charge on any atom is 0.288 e. The van der Waals surface area contributed by atoms with Crippen LogP contribution in [0.2, 0.25) is 0 Å². The molecule has 7 heteroatoms. The molecule has 104 valence electrons. The first-order valence-electron chi connectivity index (χ1n) is 5.98. The van der Waals surface area contributed by atoms with E-state index in [0.29, 0.717) is 12.5 Å². The van der Waals surface area contributed by atoms with E-state index < -0.39 is 4.92 Å². The summed E-state index contributed by atoms with van der Waals surface area (Å²) in [6.07, 6.45) is 1.89. The van der Waals surface area contributed by atoms with Crippen LogP contribution >= 0.6 is 0 Å². The van der Waals surface area contributed by atoms with E-state index in [9.17, 15) is 14.9 Å². The van der Waals surface area contributed by atoms with E-state index in [1.54, 1.807) is 7.05 Å². The Morgan fingerprint density at radius 3 is 2.74 bits per heavy atom. The molecule has 0 saturated heterocycles. The maximum absolute atomic E-state index is 12.1. The zero-order valence-corrected chi connectivity index (χ0v) is 11.3. The van der Waals surface area contributed by atoms with E-state index in [0.717, 1.165) is 18.7 Å². The lowest BCUT2D eigenvalue weighted by molar-refractivity contribution is -0.385. The Hall–Kier alpha value is -2.18. The molecule has 0 radical (unpaired) electrons. The highest BCUT2D eigenvalue weighted by molar-refractivity contribution is 5.98. The molecule has 0 bridgehead atoms. The molecule has 1 aromatic rings. The Balaban J connectivity index is 2.92. The highest BCUT2D eigenvalue weighted by atomic mass is 16.6. The first-order valence-corrected chi connectivity index (χ1v) is 5.98. The second kappa shape index (κ2) is 6.12. The summed E-state index contributed by atoms with van der Waals surface area (Å²) in [5.74, 6) is 0.122. The van der Waals surface area contributed by atoms with Gasteiger partial charge in [0.15, 0.2) is 0 Å². The summed E-state index contributed by atoms with van der Waals surface area (Å²) in [5, 5.41) is 10.7. The molecule has 0 aromatic carbocycles. The van der Waals surface area contributed by atoms with Gasteiger partial charge in [-0.25, -0.2) is 4.98 Å². The highest BCUT2D eigenvalue weighted by Gasteiger charge is 2.19. The van der Waals surface area contributed by atoms with E-state index in [1.165, 1.54) is 4.90 Å². The number of pyridine rings is 1. The number of rotatable bonds is 5. The van der Waals surface area contributed by atoms with Crippen molar-refractivity contribution in [2.75, 3.05) is 19.3 Å². The molecular formula is C12H18N4O3. The van der Waals surface area contributed by atoms with Crippen molar-refractivity contribution in [1.29, 1.82) is 0 Å². The Kier molecular flexibility index (Phi) is 4.80. The van der Waals surface area contributed by atoms with Gasteiger partial charge in [0.2, 0.25) is 0 Å². The van der Waals surface area contributed by atoms with E-state index in [4.69, 9.17) is 5.73 Å². The zero-order valence-electron chi connectivity index (χ0n) is 11.3. The fourth-order valence-electron chi connectivity index (χ4n) is 1.49. The van der Waals surface area contributed by atoms with Gasteiger partial charge in [0.05, 0.1) is 10.5 Å². The fourth-order valence-corrected chi connectivity index (χ4v) is 1.49. The average molecular weight is 266 g/mol. The van der Waals surface area contributed by atoms with E-state index in [1.807, 2.05) is 0 Å². The van der Waals surface area contributed by atoms with Crippen LogP contribution in [0.3, 0.4) is 0 Å². The second-order valence-electron chi connectivity index (χ2n) is 4.79. The first-order chi connectivity index (χ1) is 8.82. The fraction of sp³-hybridized carbons (Fsp3) is 0.500. The molecule has 0 atom stereocenters. The number of carbonyl (C=O) groups excluding carboxylic acids is 1. The summed E-state index contributed by atoms with van der Waals surface area (Å²) < 4.78 is 0. The number of hydrogen-bond donors (Lipinski definition) is 1. The molecule has 2 N–H and O–H groups in total. The average Bonchev–Trinajstić information content (AvgIpc) is 2.35. The van der Waals surface area contributed by atoms with Gasteiger partial charge in [-0.1, -0.05) is 13.8 Å². The molecule has 0 fully saturated rings. The van der Waals surface area contributed by atoms with Gasteiger partial charge in [-0.15, -0.1) is 0 Å². The predicted molar refractivity (Wildman–Crippen MR) is 71.7 cm³/mol. The normalized spacial score (nSPS) is 10.5. The third-order valence-corrected chi connectivity index (χ3v) is 2.73. The molecular weight excluding hydrogens is 248 g/mol. The number of nitrogens with two attached hydrogens (primary N) is 1. The van der Waals surface area contributed by atoms with Gasteiger partial charge in [0, 0.05) is 19.7 Å². The van der Waals surface area contributed by atoms with Crippen molar-refractivity contribution in [2.24, 2.45) is 5.92 Å². The highest BCUT2D eigenvalue weighted by Crippen LogP contribution is 2.18. The quantitative estimate of drug-likeness (QED) is 0.645.